The summed E-state index contributed by atoms with van der Waals surface area (Å²) in [5.74, 6) is 1.10. The lowest BCUT2D eigenvalue weighted by atomic mass is 10.0. The van der Waals surface area contributed by atoms with Crippen molar-refractivity contribution >= 4 is 16.9 Å². The molecule has 2 aromatic rings. The minimum Gasteiger partial charge on any atom is -0.377 e. The Kier molecular flexibility index (Phi) is 4.93. The summed E-state index contributed by atoms with van der Waals surface area (Å²) in [5, 5.41) is 3.35. The third-order valence-corrected chi connectivity index (χ3v) is 5.23. The molecule has 1 unspecified atom stereocenters. The Morgan fingerprint density at radius 1 is 1.35 bits per heavy atom. The number of imidazole rings is 1. The fourth-order valence-electron chi connectivity index (χ4n) is 3.87. The number of nitrogens with zero attached hydrogens (tertiary/aromatic N) is 3. The molecule has 4 rings (SSSR count). The van der Waals surface area contributed by atoms with Gasteiger partial charge in [-0.1, -0.05) is 12.1 Å². The number of aryl methyl sites for hydroxylation is 2. The van der Waals surface area contributed by atoms with Crippen LogP contribution in [-0.4, -0.2) is 72.0 Å². The van der Waals surface area contributed by atoms with Crippen LogP contribution in [0.4, 0.5) is 0 Å². The van der Waals surface area contributed by atoms with Crippen molar-refractivity contribution < 1.29 is 14.3 Å². The van der Waals surface area contributed by atoms with Gasteiger partial charge in [-0.25, -0.2) is 4.98 Å². The van der Waals surface area contributed by atoms with E-state index in [0.29, 0.717) is 45.9 Å². The van der Waals surface area contributed by atoms with Crippen LogP contribution in [0, 0.1) is 6.92 Å². The largest absolute Gasteiger partial charge is 0.377 e. The minimum atomic E-state index is -0.415. The molecule has 1 amide bonds. The van der Waals surface area contributed by atoms with E-state index in [0.717, 1.165) is 29.9 Å². The highest BCUT2D eigenvalue weighted by atomic mass is 16.5. The maximum atomic E-state index is 12.8. The predicted octanol–water partition coefficient (Wildman–Crippen LogP) is 0.952. The molecule has 26 heavy (non-hydrogen) atoms. The normalized spacial score (nSPS) is 24.1. The average Bonchev–Trinajstić information content (AvgIpc) is 2.81. The van der Waals surface area contributed by atoms with Crippen molar-refractivity contribution in [2.24, 2.45) is 0 Å². The summed E-state index contributed by atoms with van der Waals surface area (Å²) >= 11 is 0. The number of benzene rings is 1. The maximum absolute atomic E-state index is 12.8. The third kappa shape index (κ3) is 3.47. The van der Waals surface area contributed by atoms with Gasteiger partial charge in [0.05, 0.1) is 37.4 Å². The van der Waals surface area contributed by atoms with Crippen LogP contribution >= 0.6 is 0 Å². The van der Waals surface area contributed by atoms with Gasteiger partial charge in [0.15, 0.2) is 0 Å². The molecule has 2 aliphatic rings. The summed E-state index contributed by atoms with van der Waals surface area (Å²) in [7, 11) is 0. The lowest BCUT2D eigenvalue weighted by molar-refractivity contribution is -0.158. The van der Waals surface area contributed by atoms with Crippen LogP contribution in [0.15, 0.2) is 24.3 Å². The zero-order valence-electron chi connectivity index (χ0n) is 15.2. The number of fused-ring (bicyclic) bond motifs is 1. The number of morpholine rings is 1. The Morgan fingerprint density at radius 3 is 3.15 bits per heavy atom. The van der Waals surface area contributed by atoms with Crippen LogP contribution in [0.5, 0.6) is 0 Å². The molecule has 1 N–H and O–H groups in total. The Hall–Kier alpha value is -1.96. The molecule has 1 spiro atoms. The second kappa shape index (κ2) is 7.34. The monoisotopic (exact) mass is 358 g/mol. The second-order valence-corrected chi connectivity index (χ2v) is 7.13. The first-order chi connectivity index (χ1) is 12.7. The van der Waals surface area contributed by atoms with Crippen LogP contribution in [0.3, 0.4) is 0 Å². The number of hydrogen-bond acceptors (Lipinski definition) is 5. The van der Waals surface area contributed by atoms with Gasteiger partial charge in [0.1, 0.15) is 11.4 Å². The molecule has 0 radical (unpaired) electrons. The number of aromatic nitrogens is 2. The van der Waals surface area contributed by atoms with Gasteiger partial charge in [0.25, 0.3) is 0 Å². The van der Waals surface area contributed by atoms with E-state index in [-0.39, 0.29) is 5.91 Å². The molecule has 0 bridgehead atoms. The standard InChI is InChI=1S/C19H26N4O3/c1-15-21-16-4-2-3-5-17(16)23(15)8-6-18(24)22-9-11-26-19(13-22)12-20-7-10-25-14-19/h2-5,20H,6-14H2,1H3. The molecule has 3 heterocycles. The van der Waals surface area contributed by atoms with Crippen LogP contribution in [-0.2, 0) is 20.8 Å². The summed E-state index contributed by atoms with van der Waals surface area (Å²) in [6, 6.07) is 8.05. The van der Waals surface area contributed by atoms with Crippen molar-refractivity contribution in [3.8, 4) is 0 Å². The van der Waals surface area contributed by atoms with E-state index in [4.69, 9.17) is 9.47 Å². The lowest BCUT2D eigenvalue weighted by Gasteiger charge is -2.41. The smallest absolute Gasteiger partial charge is 0.224 e. The molecule has 0 aliphatic carbocycles. The number of ether oxygens (including phenoxy) is 2. The van der Waals surface area contributed by atoms with Crippen LogP contribution in [0.1, 0.15) is 12.2 Å². The lowest BCUT2D eigenvalue weighted by Crippen LogP contribution is -2.59. The van der Waals surface area contributed by atoms with Crippen LogP contribution in [0.25, 0.3) is 11.0 Å². The summed E-state index contributed by atoms with van der Waals surface area (Å²) in [4.78, 5) is 19.3. The molecule has 1 atom stereocenters. The average molecular weight is 358 g/mol. The van der Waals surface area contributed by atoms with Crippen LogP contribution < -0.4 is 5.32 Å². The molecule has 2 fully saturated rings. The van der Waals surface area contributed by atoms with Crippen molar-refractivity contribution in [2.45, 2.75) is 25.5 Å². The number of rotatable bonds is 3. The summed E-state index contributed by atoms with van der Waals surface area (Å²) in [6.07, 6.45) is 0.464. The first kappa shape index (κ1) is 17.5. The summed E-state index contributed by atoms with van der Waals surface area (Å²) in [6.45, 7) is 7.19. The van der Waals surface area contributed by atoms with Crippen molar-refractivity contribution in [3.05, 3.63) is 30.1 Å². The number of amides is 1. The van der Waals surface area contributed by atoms with E-state index in [1.807, 2.05) is 30.0 Å². The van der Waals surface area contributed by atoms with Gasteiger partial charge in [0.2, 0.25) is 5.91 Å². The van der Waals surface area contributed by atoms with Gasteiger partial charge in [-0.05, 0) is 19.1 Å². The molecule has 1 aromatic heterocycles. The van der Waals surface area contributed by atoms with Gasteiger partial charge in [-0.2, -0.15) is 0 Å². The van der Waals surface area contributed by atoms with E-state index < -0.39 is 5.60 Å². The fraction of sp³-hybridized carbons (Fsp3) is 0.579. The van der Waals surface area contributed by atoms with E-state index in [1.54, 1.807) is 0 Å². The molecule has 2 aliphatic heterocycles. The van der Waals surface area contributed by atoms with Gasteiger partial charge in [0, 0.05) is 32.6 Å². The first-order valence-corrected chi connectivity index (χ1v) is 9.29. The minimum absolute atomic E-state index is 0.161. The van der Waals surface area contributed by atoms with Crippen molar-refractivity contribution in [1.82, 2.24) is 19.8 Å². The Bertz CT molecular complexity index is 780. The molecule has 0 saturated carbocycles. The van der Waals surface area contributed by atoms with E-state index >= 15 is 0 Å². The van der Waals surface area contributed by atoms with Gasteiger partial charge >= 0.3 is 0 Å². The summed E-state index contributed by atoms with van der Waals surface area (Å²) < 4.78 is 13.8. The maximum Gasteiger partial charge on any atom is 0.224 e. The predicted molar refractivity (Wildman–Crippen MR) is 98.0 cm³/mol. The fourth-order valence-corrected chi connectivity index (χ4v) is 3.87. The number of hydrogen-bond donors (Lipinski definition) is 1. The van der Waals surface area contributed by atoms with Gasteiger partial charge < -0.3 is 24.3 Å². The molecule has 1 aromatic carbocycles. The third-order valence-electron chi connectivity index (χ3n) is 5.23. The van der Waals surface area contributed by atoms with E-state index in [9.17, 15) is 4.79 Å². The Balaban J connectivity index is 1.42. The van der Waals surface area contributed by atoms with Crippen molar-refractivity contribution in [3.63, 3.8) is 0 Å². The molecule has 7 nitrogen and oxygen atoms in total. The molecular formula is C19H26N4O3. The highest BCUT2D eigenvalue weighted by molar-refractivity contribution is 5.78. The van der Waals surface area contributed by atoms with Gasteiger partial charge in [-0.15, -0.1) is 0 Å². The quantitative estimate of drug-likeness (QED) is 0.885. The highest BCUT2D eigenvalue weighted by Gasteiger charge is 2.39. The summed E-state index contributed by atoms with van der Waals surface area (Å²) in [5.41, 5.74) is 1.64. The molecule has 7 heteroatoms. The highest BCUT2D eigenvalue weighted by Crippen LogP contribution is 2.21. The Labute approximate surface area is 153 Å². The first-order valence-electron chi connectivity index (χ1n) is 9.29. The molecule has 2 saturated heterocycles. The number of carbonyl (C=O) groups excluding carboxylic acids is 1. The zero-order valence-corrected chi connectivity index (χ0v) is 15.2. The SMILES string of the molecule is Cc1nc2ccccc2n1CCC(=O)N1CCOC2(CNCCOC2)C1. The van der Waals surface area contributed by atoms with E-state index in [1.165, 1.54) is 0 Å². The Morgan fingerprint density at radius 2 is 2.23 bits per heavy atom. The molecule has 140 valence electrons. The zero-order chi connectivity index (χ0) is 18.0. The van der Waals surface area contributed by atoms with Crippen LogP contribution in [0.2, 0.25) is 0 Å². The topological polar surface area (TPSA) is 68.6 Å². The number of carbonyl (C=O) groups is 1. The van der Waals surface area contributed by atoms with E-state index in [2.05, 4.69) is 20.9 Å². The van der Waals surface area contributed by atoms with Crippen molar-refractivity contribution in [1.29, 1.82) is 0 Å². The van der Waals surface area contributed by atoms with Crippen molar-refractivity contribution in [2.75, 3.05) is 46.0 Å². The second-order valence-electron chi connectivity index (χ2n) is 7.13. The molecular weight excluding hydrogens is 332 g/mol. The number of nitrogens with one attached hydrogen (secondary N) is 1. The van der Waals surface area contributed by atoms with Gasteiger partial charge in [-0.3, -0.25) is 4.79 Å². The number of para-hydroxylation sites is 2.